The molecule has 0 saturated carbocycles. The number of methoxy groups -OCH3 is 1. The van der Waals surface area contributed by atoms with Crippen molar-refractivity contribution in [2.45, 2.75) is 54.3 Å². The molecule has 43 heavy (non-hydrogen) atoms. The number of aryl methyl sites for hydroxylation is 2. The maximum absolute atomic E-state index is 15.1. The molecule has 0 bridgehead atoms. The van der Waals surface area contributed by atoms with Crippen LogP contribution in [0.4, 0.5) is 17.6 Å². The minimum atomic E-state index is -4.00. The summed E-state index contributed by atoms with van der Waals surface area (Å²) >= 11 is 0.946. The van der Waals surface area contributed by atoms with Crippen LogP contribution < -0.4 is 25.7 Å². The van der Waals surface area contributed by atoms with Gasteiger partial charge >= 0.3 is 11.9 Å². The highest BCUT2D eigenvalue weighted by Gasteiger charge is 2.23. The molecule has 0 aliphatic rings. The van der Waals surface area contributed by atoms with Gasteiger partial charge in [0.25, 0.3) is 11.1 Å². The zero-order chi connectivity index (χ0) is 33.1. The third-order valence-electron chi connectivity index (χ3n) is 5.48. The Bertz CT molecular complexity index is 1670. The van der Waals surface area contributed by atoms with Crippen molar-refractivity contribution in [2.75, 3.05) is 13.4 Å². The van der Waals surface area contributed by atoms with E-state index in [1.807, 2.05) is 27.7 Å². The molecule has 8 nitrogen and oxygen atoms in total. The standard InChI is InChI=1S/C24H22FN3O5S.C2H3F3.2C2H6/c1-14-5-10-18(17(25)11-14)28-22-21(19(33-34-4)12-20(29)26(22)2)23(30)27(24(28)31)13-15-6-8-16(32-3)9-7-15;1-2(3,4)5;2*1-2/h5-12H,13H2,1-4H3;1H3;2*1-2H3. The average Bonchev–Trinajstić information content (AvgIpc) is 2.96. The second kappa shape index (κ2) is 16.6. The minimum absolute atomic E-state index is 0.000325. The number of hydrogen-bond acceptors (Lipinski definition) is 6. The van der Waals surface area contributed by atoms with Crippen molar-refractivity contribution in [1.82, 2.24) is 13.7 Å². The van der Waals surface area contributed by atoms with E-state index in [4.69, 9.17) is 8.92 Å². The fraction of sp³-hybridized carbons (Fsp3) is 0.367. The van der Waals surface area contributed by atoms with Gasteiger partial charge in [-0.3, -0.25) is 18.7 Å². The van der Waals surface area contributed by atoms with Gasteiger partial charge in [0.15, 0.2) is 5.75 Å². The number of alkyl halides is 3. The van der Waals surface area contributed by atoms with Gasteiger partial charge in [-0.2, -0.15) is 13.2 Å². The van der Waals surface area contributed by atoms with Gasteiger partial charge in [0.05, 0.1) is 31.4 Å². The lowest BCUT2D eigenvalue weighted by atomic mass is 10.2. The number of rotatable bonds is 6. The Labute approximate surface area is 251 Å². The molecule has 2 aromatic heterocycles. The summed E-state index contributed by atoms with van der Waals surface area (Å²) in [5, 5.41) is -0.00969. The van der Waals surface area contributed by atoms with Gasteiger partial charge in [0, 0.05) is 26.3 Å². The number of benzene rings is 2. The van der Waals surface area contributed by atoms with Crippen LogP contribution in [-0.2, 0) is 13.6 Å². The maximum atomic E-state index is 15.1. The summed E-state index contributed by atoms with van der Waals surface area (Å²) in [4.78, 5) is 39.9. The molecule has 13 heteroatoms. The second-order valence-electron chi connectivity index (χ2n) is 8.45. The molecule has 0 fully saturated rings. The van der Waals surface area contributed by atoms with Crippen molar-refractivity contribution in [1.29, 1.82) is 0 Å². The predicted molar refractivity (Wildman–Crippen MR) is 164 cm³/mol. The van der Waals surface area contributed by atoms with Gasteiger partial charge < -0.3 is 8.92 Å². The van der Waals surface area contributed by atoms with Crippen molar-refractivity contribution in [2.24, 2.45) is 7.05 Å². The molecule has 0 amide bonds. The first-order valence-corrected chi connectivity index (χ1v) is 14.5. The number of halogens is 4. The smallest absolute Gasteiger partial charge is 0.386 e. The van der Waals surface area contributed by atoms with E-state index >= 15 is 4.39 Å². The first-order valence-electron chi connectivity index (χ1n) is 13.3. The molecule has 0 saturated heterocycles. The molecule has 4 rings (SSSR count). The van der Waals surface area contributed by atoms with E-state index in [0.29, 0.717) is 16.9 Å². The highest BCUT2D eigenvalue weighted by molar-refractivity contribution is 7.94. The first kappa shape index (κ1) is 37.0. The van der Waals surface area contributed by atoms with Crippen LogP contribution in [0.3, 0.4) is 0 Å². The summed E-state index contributed by atoms with van der Waals surface area (Å²) in [7, 11) is 2.96. The number of fused-ring (bicyclic) bond motifs is 1. The Balaban J connectivity index is 0.000000917. The lowest BCUT2D eigenvalue weighted by Crippen LogP contribution is -2.42. The third kappa shape index (κ3) is 9.50. The summed E-state index contributed by atoms with van der Waals surface area (Å²) in [5.74, 6) is -0.0403. The van der Waals surface area contributed by atoms with Crippen LogP contribution in [0.25, 0.3) is 16.7 Å². The van der Waals surface area contributed by atoms with Crippen LogP contribution >= 0.6 is 12.0 Å². The molecular weight excluding hydrogens is 590 g/mol. The Morgan fingerprint density at radius 3 is 1.98 bits per heavy atom. The molecule has 4 aromatic rings. The molecular formula is C30H37F4N3O5S. The number of pyridine rings is 1. The lowest BCUT2D eigenvalue weighted by molar-refractivity contribution is -0.110. The summed E-state index contributed by atoms with van der Waals surface area (Å²) in [6, 6.07) is 12.4. The monoisotopic (exact) mass is 627 g/mol. The van der Waals surface area contributed by atoms with E-state index in [0.717, 1.165) is 25.7 Å². The van der Waals surface area contributed by atoms with Crippen LogP contribution in [-0.4, -0.2) is 33.2 Å². The summed E-state index contributed by atoms with van der Waals surface area (Å²) < 4.78 is 60.0. The van der Waals surface area contributed by atoms with Crippen molar-refractivity contribution in [3.63, 3.8) is 0 Å². The van der Waals surface area contributed by atoms with Crippen LogP contribution in [0.2, 0.25) is 0 Å². The van der Waals surface area contributed by atoms with E-state index in [-0.39, 0.29) is 35.9 Å². The highest BCUT2D eigenvalue weighted by atomic mass is 32.2. The van der Waals surface area contributed by atoms with E-state index in [2.05, 4.69) is 0 Å². The van der Waals surface area contributed by atoms with Crippen LogP contribution in [0.5, 0.6) is 11.5 Å². The van der Waals surface area contributed by atoms with E-state index in [1.165, 1.54) is 32.4 Å². The fourth-order valence-corrected chi connectivity index (χ4v) is 4.09. The van der Waals surface area contributed by atoms with Crippen LogP contribution in [0.1, 0.15) is 45.7 Å². The number of nitrogens with zero attached hydrogens (tertiary/aromatic N) is 3. The summed E-state index contributed by atoms with van der Waals surface area (Å²) in [5.41, 5.74) is -0.769. The van der Waals surface area contributed by atoms with E-state index in [9.17, 15) is 27.6 Å². The molecule has 0 radical (unpaired) electrons. The number of ether oxygens (including phenoxy) is 1. The third-order valence-corrected chi connectivity index (χ3v) is 5.83. The molecule has 236 valence electrons. The molecule has 0 atom stereocenters. The molecule has 0 aliphatic carbocycles. The minimum Gasteiger partial charge on any atom is -0.497 e. The Kier molecular flexibility index (Phi) is 14.3. The number of aromatic nitrogens is 3. The van der Waals surface area contributed by atoms with Gasteiger partial charge in [-0.25, -0.2) is 13.8 Å². The van der Waals surface area contributed by atoms with Crippen molar-refractivity contribution in [3.8, 4) is 17.2 Å². The van der Waals surface area contributed by atoms with Crippen molar-refractivity contribution >= 4 is 23.1 Å². The Hall–Kier alpha value is -4.00. The topological polar surface area (TPSA) is 84.5 Å². The summed E-state index contributed by atoms with van der Waals surface area (Å²) in [6.45, 7) is 9.83. The van der Waals surface area contributed by atoms with Crippen molar-refractivity contribution in [3.05, 3.63) is 96.7 Å². The zero-order valence-corrected chi connectivity index (χ0v) is 26.4. The van der Waals surface area contributed by atoms with Gasteiger partial charge in [0.2, 0.25) is 0 Å². The van der Waals surface area contributed by atoms with Gasteiger partial charge in [0.1, 0.15) is 22.6 Å². The van der Waals surface area contributed by atoms with Crippen molar-refractivity contribution < 1.29 is 26.5 Å². The van der Waals surface area contributed by atoms with Crippen LogP contribution in [0.15, 0.2) is 62.9 Å². The first-order chi connectivity index (χ1) is 20.3. The van der Waals surface area contributed by atoms with E-state index in [1.54, 1.807) is 43.5 Å². The Morgan fingerprint density at radius 1 is 0.930 bits per heavy atom. The summed E-state index contributed by atoms with van der Waals surface area (Å²) in [6.07, 6.45) is -2.37. The van der Waals surface area contributed by atoms with E-state index < -0.39 is 28.8 Å². The number of hydrogen-bond donors (Lipinski definition) is 0. The highest BCUT2D eigenvalue weighted by Crippen LogP contribution is 2.25. The fourth-order valence-electron chi connectivity index (χ4n) is 3.78. The van der Waals surface area contributed by atoms with Gasteiger partial charge in [-0.1, -0.05) is 45.9 Å². The normalized spacial score (nSPS) is 10.4. The lowest BCUT2D eigenvalue weighted by Gasteiger charge is -2.18. The molecule has 0 unspecified atom stereocenters. The SMILES string of the molecule is CC.CC.CC(F)(F)F.COc1ccc(Cn2c(=O)c3c(OSC)cc(=O)n(C)c3n(-c3ccc(C)cc3F)c2=O)cc1. The Morgan fingerprint density at radius 2 is 1.49 bits per heavy atom. The molecule has 0 N–H and O–H groups in total. The molecule has 2 heterocycles. The molecule has 0 spiro atoms. The molecule has 2 aromatic carbocycles. The second-order valence-corrected chi connectivity index (χ2v) is 8.95. The zero-order valence-electron chi connectivity index (χ0n) is 25.6. The average molecular weight is 628 g/mol. The largest absolute Gasteiger partial charge is 0.497 e. The van der Waals surface area contributed by atoms with Crippen LogP contribution in [0, 0.1) is 12.7 Å². The van der Waals surface area contributed by atoms with Gasteiger partial charge in [-0.05, 0) is 42.3 Å². The molecule has 0 aliphatic heterocycles. The maximum Gasteiger partial charge on any atom is 0.386 e. The predicted octanol–water partition coefficient (Wildman–Crippen LogP) is 6.63. The quantitative estimate of drug-likeness (QED) is 0.176. The van der Waals surface area contributed by atoms with Gasteiger partial charge in [-0.15, -0.1) is 0 Å².